The van der Waals surface area contributed by atoms with Gasteiger partial charge in [-0.1, -0.05) is 11.8 Å². The Labute approximate surface area is 185 Å². The third-order valence-corrected chi connectivity index (χ3v) is 6.01. The van der Waals surface area contributed by atoms with E-state index in [9.17, 15) is 21.6 Å². The number of hydrogen-bond donors (Lipinski definition) is 1. The third kappa shape index (κ3) is 5.71. The maximum absolute atomic E-state index is 12.8. The van der Waals surface area contributed by atoms with E-state index in [2.05, 4.69) is 38.2 Å². The average Bonchev–Trinajstić information content (AvgIpc) is 3.06. The Balaban J connectivity index is 1.79. The zero-order valence-corrected chi connectivity index (χ0v) is 18.8. The van der Waals surface area contributed by atoms with Gasteiger partial charge in [-0.3, -0.25) is 4.68 Å². The van der Waals surface area contributed by atoms with Gasteiger partial charge in [-0.25, -0.2) is 8.42 Å². The van der Waals surface area contributed by atoms with Crippen LogP contribution >= 0.6 is 15.9 Å². The second kappa shape index (κ2) is 8.80. The van der Waals surface area contributed by atoms with E-state index >= 15 is 0 Å². The molecule has 6 nitrogen and oxygen atoms in total. The van der Waals surface area contributed by atoms with Crippen LogP contribution in [0, 0.1) is 11.8 Å². The van der Waals surface area contributed by atoms with Crippen molar-refractivity contribution in [3.63, 3.8) is 0 Å². The molecule has 0 fully saturated rings. The molecule has 3 aromatic rings. The summed E-state index contributed by atoms with van der Waals surface area (Å²) in [6.07, 6.45) is -1.91. The number of hydrogen-bond acceptors (Lipinski definition) is 5. The fraction of sp³-hybridized carbons (Fsp3) is 0.250. The summed E-state index contributed by atoms with van der Waals surface area (Å²) in [5, 5.41) is 7.40. The highest BCUT2D eigenvalue weighted by Gasteiger charge is 2.29. The lowest BCUT2D eigenvalue weighted by Crippen LogP contribution is -2.18. The highest BCUT2D eigenvalue weighted by Crippen LogP contribution is 2.29. The van der Waals surface area contributed by atoms with Gasteiger partial charge < -0.3 is 10.1 Å². The summed E-state index contributed by atoms with van der Waals surface area (Å²) in [7, 11) is -1.94. The number of aromatic nitrogens is 2. The number of ether oxygens (including phenoxy) is 1. The van der Waals surface area contributed by atoms with Crippen molar-refractivity contribution in [3.05, 3.63) is 46.6 Å². The van der Waals surface area contributed by atoms with Gasteiger partial charge in [0.05, 0.1) is 36.0 Å². The van der Waals surface area contributed by atoms with E-state index in [1.165, 1.54) is 25.4 Å². The number of methoxy groups -OCH3 is 1. The van der Waals surface area contributed by atoms with Crippen LogP contribution in [-0.2, 0) is 16.4 Å². The van der Waals surface area contributed by atoms with Crippen molar-refractivity contribution in [2.75, 3.05) is 25.2 Å². The van der Waals surface area contributed by atoms with Crippen LogP contribution in [0.1, 0.15) is 5.56 Å². The molecule has 1 N–H and O–H groups in total. The van der Waals surface area contributed by atoms with Gasteiger partial charge in [-0.15, -0.1) is 0 Å². The molecule has 11 heteroatoms. The maximum Gasteiger partial charge on any atom is 0.408 e. The van der Waals surface area contributed by atoms with E-state index < -0.39 is 22.6 Å². The lowest BCUT2D eigenvalue weighted by molar-refractivity contribution is -0.141. The van der Waals surface area contributed by atoms with Crippen molar-refractivity contribution in [1.29, 1.82) is 0 Å². The molecule has 2 aromatic carbocycles. The maximum atomic E-state index is 12.8. The lowest BCUT2D eigenvalue weighted by atomic mass is 10.1. The van der Waals surface area contributed by atoms with Gasteiger partial charge in [-0.05, 0) is 40.2 Å². The van der Waals surface area contributed by atoms with Crippen LogP contribution in [-0.4, -0.2) is 44.3 Å². The molecular formula is C20H17BrF3N3O3S. The van der Waals surface area contributed by atoms with Crippen LogP contribution in [0.4, 0.5) is 18.9 Å². The summed E-state index contributed by atoms with van der Waals surface area (Å²) in [6.45, 7) is -0.989. The van der Waals surface area contributed by atoms with E-state index in [1.807, 2.05) is 0 Å². The van der Waals surface area contributed by atoms with Gasteiger partial charge in [-0.2, -0.15) is 18.3 Å². The number of sulfone groups is 1. The smallest absolute Gasteiger partial charge is 0.408 e. The first-order valence-corrected chi connectivity index (χ1v) is 11.5. The second-order valence-corrected chi connectivity index (χ2v) is 9.47. The van der Waals surface area contributed by atoms with Crippen LogP contribution in [0.25, 0.3) is 10.9 Å². The first-order chi connectivity index (χ1) is 14.5. The molecule has 164 valence electrons. The number of fused-ring (bicyclic) bond motifs is 1. The summed E-state index contributed by atoms with van der Waals surface area (Å²) >= 11 is 3.34. The molecule has 3 rings (SSSR count). The highest BCUT2D eigenvalue weighted by atomic mass is 79.9. The molecular weight excluding hydrogens is 499 g/mol. The molecule has 0 saturated carbocycles. The number of alkyl halides is 3. The monoisotopic (exact) mass is 515 g/mol. The van der Waals surface area contributed by atoms with Crippen molar-refractivity contribution < 1.29 is 26.3 Å². The van der Waals surface area contributed by atoms with Crippen LogP contribution in [0.3, 0.4) is 0 Å². The number of benzene rings is 2. The van der Waals surface area contributed by atoms with Gasteiger partial charge >= 0.3 is 6.18 Å². The van der Waals surface area contributed by atoms with E-state index in [-0.39, 0.29) is 11.4 Å². The van der Waals surface area contributed by atoms with Crippen LogP contribution in [0.2, 0.25) is 0 Å². The standard InChI is InChI=1S/C20H17BrF3N3O3S/c1-30-19-10-14(31(2,28)29)5-6-17(19)25-7-3-4-13-8-16(21)15-11-26-27(18(15)9-13)12-20(22,23)24/h5-6,8-11,25H,7,12H2,1-2H3. The summed E-state index contributed by atoms with van der Waals surface area (Å²) in [5.41, 5.74) is 1.40. The van der Waals surface area contributed by atoms with Crippen molar-refractivity contribution in [2.24, 2.45) is 0 Å². The Morgan fingerprint density at radius 3 is 2.65 bits per heavy atom. The van der Waals surface area contributed by atoms with E-state index in [0.29, 0.717) is 32.4 Å². The predicted molar refractivity (Wildman–Crippen MR) is 115 cm³/mol. The Bertz CT molecular complexity index is 1290. The highest BCUT2D eigenvalue weighted by molar-refractivity contribution is 9.10. The molecule has 31 heavy (non-hydrogen) atoms. The Hall–Kier alpha value is -2.71. The number of nitrogens with one attached hydrogen (secondary N) is 1. The largest absolute Gasteiger partial charge is 0.495 e. The molecule has 0 saturated heterocycles. The normalized spacial score (nSPS) is 11.8. The summed E-state index contributed by atoms with van der Waals surface area (Å²) in [6, 6.07) is 7.71. The number of anilines is 1. The topological polar surface area (TPSA) is 73.2 Å². The van der Waals surface area contributed by atoms with Gasteiger partial charge in [0, 0.05) is 27.7 Å². The molecule has 0 aliphatic carbocycles. The number of rotatable bonds is 5. The minimum absolute atomic E-state index is 0.134. The molecule has 0 atom stereocenters. The SMILES string of the molecule is COc1cc(S(C)(=O)=O)ccc1NCC#Cc1cc(Br)c2cnn(CC(F)(F)F)c2c1. The van der Waals surface area contributed by atoms with Gasteiger partial charge in [0.15, 0.2) is 9.84 Å². The molecule has 0 bridgehead atoms. The Kier molecular flexibility index (Phi) is 6.52. The summed E-state index contributed by atoms with van der Waals surface area (Å²) < 4.78 is 68.3. The predicted octanol–water partition coefficient (Wildman–Crippen LogP) is 4.24. The first-order valence-electron chi connectivity index (χ1n) is 8.80. The van der Waals surface area contributed by atoms with Crippen molar-refractivity contribution >= 4 is 42.4 Å². The average molecular weight is 516 g/mol. The van der Waals surface area contributed by atoms with E-state index in [0.717, 1.165) is 10.9 Å². The Morgan fingerprint density at radius 1 is 1.26 bits per heavy atom. The molecule has 0 aliphatic rings. The molecule has 0 aliphatic heterocycles. The van der Waals surface area contributed by atoms with Gasteiger partial charge in [0.1, 0.15) is 12.3 Å². The fourth-order valence-electron chi connectivity index (χ4n) is 2.84. The molecule has 0 radical (unpaired) electrons. The van der Waals surface area contributed by atoms with Crippen LogP contribution in [0.15, 0.2) is 45.9 Å². The van der Waals surface area contributed by atoms with Gasteiger partial charge in [0.2, 0.25) is 0 Å². The molecule has 0 amide bonds. The molecule has 0 spiro atoms. The third-order valence-electron chi connectivity index (χ3n) is 4.24. The number of nitrogens with zero attached hydrogens (tertiary/aromatic N) is 2. The number of halogens is 4. The zero-order valence-electron chi connectivity index (χ0n) is 16.4. The van der Waals surface area contributed by atoms with Crippen molar-refractivity contribution in [1.82, 2.24) is 9.78 Å². The minimum atomic E-state index is -4.39. The van der Waals surface area contributed by atoms with Gasteiger partial charge in [0.25, 0.3) is 0 Å². The van der Waals surface area contributed by atoms with E-state index in [4.69, 9.17) is 4.74 Å². The Morgan fingerprint density at radius 2 is 2.00 bits per heavy atom. The van der Waals surface area contributed by atoms with Crippen molar-refractivity contribution in [3.8, 4) is 17.6 Å². The van der Waals surface area contributed by atoms with E-state index in [1.54, 1.807) is 18.2 Å². The molecule has 1 aromatic heterocycles. The first kappa shape index (κ1) is 23.0. The van der Waals surface area contributed by atoms with Crippen molar-refractivity contribution in [2.45, 2.75) is 17.6 Å². The second-order valence-electron chi connectivity index (χ2n) is 6.60. The fourth-order valence-corrected chi connectivity index (χ4v) is 4.02. The van der Waals surface area contributed by atoms with Crippen LogP contribution < -0.4 is 10.1 Å². The lowest BCUT2D eigenvalue weighted by Gasteiger charge is -2.10. The molecule has 0 unspecified atom stereocenters. The molecule has 1 heterocycles. The summed E-state index contributed by atoms with van der Waals surface area (Å²) in [4.78, 5) is 0.134. The minimum Gasteiger partial charge on any atom is -0.495 e. The summed E-state index contributed by atoms with van der Waals surface area (Å²) in [5.74, 6) is 6.14. The van der Waals surface area contributed by atoms with Crippen LogP contribution in [0.5, 0.6) is 5.75 Å². The quantitative estimate of drug-likeness (QED) is 0.514. The zero-order chi connectivity index (χ0) is 22.8.